The zero-order valence-corrected chi connectivity index (χ0v) is 8.85. The molecule has 16 heavy (non-hydrogen) atoms. The van der Waals surface area contributed by atoms with Gasteiger partial charge in [0.15, 0.2) is 0 Å². The molecule has 0 saturated carbocycles. The van der Waals surface area contributed by atoms with Gasteiger partial charge in [-0.2, -0.15) is 13.2 Å². The van der Waals surface area contributed by atoms with Crippen LogP contribution < -0.4 is 0 Å². The third-order valence-corrected chi connectivity index (χ3v) is 2.54. The second-order valence-corrected chi connectivity index (χ2v) is 4.13. The highest BCUT2D eigenvalue weighted by molar-refractivity contribution is 8.00. The summed E-state index contributed by atoms with van der Waals surface area (Å²) in [6, 6.07) is 5.51. The summed E-state index contributed by atoms with van der Waals surface area (Å²) < 4.78 is 35.4. The van der Waals surface area contributed by atoms with Crippen molar-refractivity contribution in [1.29, 1.82) is 0 Å². The summed E-state index contributed by atoms with van der Waals surface area (Å²) in [5.41, 5.74) is -3.63. The lowest BCUT2D eigenvalue weighted by atomic mass is 10.1. The van der Waals surface area contributed by atoms with Crippen molar-refractivity contribution in [3.8, 4) is 0 Å². The summed E-state index contributed by atoms with van der Waals surface area (Å²) in [6.45, 7) is 0. The minimum absolute atomic E-state index is 0.0628. The minimum Gasteiger partial charge on any atom is -0.258 e. The molecule has 3 nitrogen and oxygen atoms in total. The van der Waals surface area contributed by atoms with Crippen LogP contribution in [0.5, 0.6) is 0 Å². The van der Waals surface area contributed by atoms with Crippen molar-refractivity contribution in [3.63, 3.8) is 0 Å². The maximum absolute atomic E-state index is 11.8. The van der Waals surface area contributed by atoms with Gasteiger partial charge in [-0.1, -0.05) is 23.9 Å². The molecule has 1 aromatic rings. The van der Waals surface area contributed by atoms with E-state index < -0.39 is 10.4 Å². The summed E-state index contributed by atoms with van der Waals surface area (Å²) in [7, 11) is 0. The standard InChI is InChI=1S/C9H8F3NO2S/c10-9(11,12)16-6-5-7-1-3-8(4-2-7)13(14)15/h1-4H,5-6H2. The van der Waals surface area contributed by atoms with Crippen LogP contribution in [0.25, 0.3) is 0 Å². The van der Waals surface area contributed by atoms with E-state index in [2.05, 4.69) is 0 Å². The Balaban J connectivity index is 2.47. The minimum atomic E-state index is -4.22. The van der Waals surface area contributed by atoms with Crippen LogP contribution in [0.2, 0.25) is 0 Å². The van der Waals surface area contributed by atoms with E-state index in [-0.39, 0.29) is 29.6 Å². The van der Waals surface area contributed by atoms with Gasteiger partial charge < -0.3 is 0 Å². The molecule has 0 aliphatic heterocycles. The van der Waals surface area contributed by atoms with Crippen molar-refractivity contribution in [1.82, 2.24) is 0 Å². The smallest absolute Gasteiger partial charge is 0.258 e. The molecule has 0 fully saturated rings. The number of nitro benzene ring substituents is 1. The van der Waals surface area contributed by atoms with Gasteiger partial charge in [-0.3, -0.25) is 10.1 Å². The Bertz CT molecular complexity index is 364. The number of thioether (sulfide) groups is 1. The Labute approximate surface area is 93.8 Å². The van der Waals surface area contributed by atoms with Crippen molar-refractivity contribution >= 4 is 17.4 Å². The summed E-state index contributed by atoms with van der Waals surface area (Å²) in [5, 5.41) is 10.3. The summed E-state index contributed by atoms with van der Waals surface area (Å²) >= 11 is -0.0950. The lowest BCUT2D eigenvalue weighted by Crippen LogP contribution is -2.02. The first kappa shape index (κ1) is 12.8. The third kappa shape index (κ3) is 4.52. The average Bonchev–Trinajstić information content (AvgIpc) is 2.16. The van der Waals surface area contributed by atoms with Gasteiger partial charge >= 0.3 is 5.51 Å². The molecule has 88 valence electrons. The van der Waals surface area contributed by atoms with Crippen molar-refractivity contribution in [2.45, 2.75) is 11.9 Å². The third-order valence-electron chi connectivity index (χ3n) is 1.80. The van der Waals surface area contributed by atoms with Crippen molar-refractivity contribution in [2.75, 3.05) is 5.75 Å². The number of halogens is 3. The van der Waals surface area contributed by atoms with Gasteiger partial charge in [0.25, 0.3) is 5.69 Å². The van der Waals surface area contributed by atoms with Gasteiger partial charge in [-0.05, 0) is 12.0 Å². The lowest BCUT2D eigenvalue weighted by molar-refractivity contribution is -0.384. The number of benzene rings is 1. The molecule has 0 aliphatic rings. The molecule has 7 heteroatoms. The van der Waals surface area contributed by atoms with Gasteiger partial charge in [0.05, 0.1) is 4.92 Å². The molecule has 0 spiro atoms. The second kappa shape index (κ2) is 5.20. The van der Waals surface area contributed by atoms with Crippen LogP contribution in [0.3, 0.4) is 0 Å². The van der Waals surface area contributed by atoms with Crippen molar-refractivity contribution in [2.24, 2.45) is 0 Å². The number of nitrogens with zero attached hydrogens (tertiary/aromatic N) is 1. The number of hydrogen-bond acceptors (Lipinski definition) is 3. The average molecular weight is 251 g/mol. The predicted molar refractivity (Wildman–Crippen MR) is 55.3 cm³/mol. The molecule has 1 rings (SSSR count). The van der Waals surface area contributed by atoms with Crippen LogP contribution in [-0.4, -0.2) is 16.2 Å². The number of alkyl halides is 3. The molecule has 0 radical (unpaired) electrons. The maximum Gasteiger partial charge on any atom is 0.441 e. The fourth-order valence-corrected chi connectivity index (χ4v) is 1.64. The number of nitro groups is 1. The van der Waals surface area contributed by atoms with E-state index in [1.54, 1.807) is 0 Å². The van der Waals surface area contributed by atoms with E-state index in [1.807, 2.05) is 0 Å². The SMILES string of the molecule is O=[N+]([O-])c1ccc(CCSC(F)(F)F)cc1. The molecule has 1 aromatic carbocycles. The Morgan fingerprint density at radius 1 is 1.25 bits per heavy atom. The van der Waals surface area contributed by atoms with E-state index in [4.69, 9.17) is 0 Å². The Hall–Kier alpha value is -1.24. The molecule has 0 atom stereocenters. The predicted octanol–water partition coefficient (Wildman–Crippen LogP) is 3.39. The molecular formula is C9H8F3NO2S. The first-order valence-corrected chi connectivity index (χ1v) is 5.31. The highest BCUT2D eigenvalue weighted by Crippen LogP contribution is 2.30. The quantitative estimate of drug-likeness (QED) is 0.608. The number of aryl methyl sites for hydroxylation is 1. The van der Waals surface area contributed by atoms with E-state index in [0.29, 0.717) is 5.56 Å². The highest BCUT2D eigenvalue weighted by atomic mass is 32.2. The molecule has 0 N–H and O–H groups in total. The van der Waals surface area contributed by atoms with Crippen molar-refractivity contribution in [3.05, 3.63) is 39.9 Å². The summed E-state index contributed by atoms with van der Waals surface area (Å²) in [4.78, 5) is 9.76. The maximum atomic E-state index is 11.8. The molecule has 0 aromatic heterocycles. The monoisotopic (exact) mass is 251 g/mol. The van der Waals surface area contributed by atoms with E-state index in [1.165, 1.54) is 24.3 Å². The summed E-state index contributed by atoms with van der Waals surface area (Å²) in [5.74, 6) is -0.0820. The topological polar surface area (TPSA) is 43.1 Å². The van der Waals surface area contributed by atoms with E-state index in [0.717, 1.165) is 0 Å². The number of hydrogen-bond donors (Lipinski definition) is 0. The summed E-state index contributed by atoms with van der Waals surface area (Å²) in [6.07, 6.45) is 0.238. The van der Waals surface area contributed by atoms with Gasteiger partial charge in [-0.15, -0.1) is 0 Å². The molecule has 0 heterocycles. The second-order valence-electron chi connectivity index (χ2n) is 2.97. The Morgan fingerprint density at radius 2 is 1.81 bits per heavy atom. The van der Waals surface area contributed by atoms with Crippen LogP contribution in [0.1, 0.15) is 5.56 Å². The highest BCUT2D eigenvalue weighted by Gasteiger charge is 2.27. The van der Waals surface area contributed by atoms with Crippen LogP contribution >= 0.6 is 11.8 Å². The van der Waals surface area contributed by atoms with E-state index >= 15 is 0 Å². The largest absolute Gasteiger partial charge is 0.441 e. The van der Waals surface area contributed by atoms with E-state index in [9.17, 15) is 23.3 Å². The molecule has 0 aliphatic carbocycles. The zero-order chi connectivity index (χ0) is 12.2. The molecule has 0 amide bonds. The van der Waals surface area contributed by atoms with Gasteiger partial charge in [0.2, 0.25) is 0 Å². The normalized spacial score (nSPS) is 11.4. The Morgan fingerprint density at radius 3 is 2.25 bits per heavy atom. The number of non-ortho nitro benzene ring substituents is 1. The number of rotatable bonds is 4. The fourth-order valence-electron chi connectivity index (χ4n) is 1.07. The first-order valence-electron chi connectivity index (χ1n) is 4.32. The molecule has 0 saturated heterocycles. The van der Waals surface area contributed by atoms with Crippen LogP contribution in [0.4, 0.5) is 18.9 Å². The molecule has 0 unspecified atom stereocenters. The van der Waals surface area contributed by atoms with Gasteiger partial charge in [0, 0.05) is 17.9 Å². The molecule has 0 bridgehead atoms. The zero-order valence-electron chi connectivity index (χ0n) is 8.03. The fraction of sp³-hybridized carbons (Fsp3) is 0.333. The van der Waals surface area contributed by atoms with Crippen LogP contribution in [-0.2, 0) is 6.42 Å². The van der Waals surface area contributed by atoms with Crippen molar-refractivity contribution < 1.29 is 18.1 Å². The lowest BCUT2D eigenvalue weighted by Gasteiger charge is -2.04. The first-order chi connectivity index (χ1) is 7.38. The van der Waals surface area contributed by atoms with Crippen LogP contribution in [0, 0.1) is 10.1 Å². The van der Waals surface area contributed by atoms with Gasteiger partial charge in [-0.25, -0.2) is 0 Å². The van der Waals surface area contributed by atoms with Crippen LogP contribution in [0.15, 0.2) is 24.3 Å². The Kier molecular flexibility index (Phi) is 4.17. The van der Waals surface area contributed by atoms with Gasteiger partial charge in [0.1, 0.15) is 0 Å². The molecular weight excluding hydrogens is 243 g/mol.